The largest absolute Gasteiger partial charge is 0.481 e. The molecule has 6 nitrogen and oxygen atoms in total. The summed E-state index contributed by atoms with van der Waals surface area (Å²) in [5, 5.41) is 9.01. The van der Waals surface area contributed by atoms with Crippen LogP contribution in [0.15, 0.2) is 0 Å². The molecular formula is C15H27N3O3. The Morgan fingerprint density at radius 2 is 1.67 bits per heavy atom. The molecule has 0 radical (unpaired) electrons. The van der Waals surface area contributed by atoms with Gasteiger partial charge in [-0.1, -0.05) is 6.92 Å². The Labute approximate surface area is 126 Å². The second-order valence-corrected chi connectivity index (χ2v) is 6.16. The van der Waals surface area contributed by atoms with Gasteiger partial charge in [-0.25, -0.2) is 4.79 Å². The molecule has 0 aromatic heterocycles. The lowest BCUT2D eigenvalue weighted by Crippen LogP contribution is -2.52. The standard InChI is InChI=1S/C15H27N3O3/c1-3-17-8-6-13(7-9-17)16(2)15(21)18-10-4-12(5-11-18)14(19)20/h12-13H,3-11H2,1-2H3,(H,19,20). The summed E-state index contributed by atoms with van der Waals surface area (Å²) < 4.78 is 0. The van der Waals surface area contributed by atoms with Gasteiger partial charge in [-0.15, -0.1) is 0 Å². The number of amides is 2. The van der Waals surface area contributed by atoms with E-state index < -0.39 is 5.97 Å². The molecule has 1 N–H and O–H groups in total. The number of rotatable bonds is 3. The van der Waals surface area contributed by atoms with Crippen LogP contribution in [0, 0.1) is 5.92 Å². The molecule has 2 aliphatic heterocycles. The first kappa shape index (κ1) is 16.1. The van der Waals surface area contributed by atoms with Crippen molar-refractivity contribution in [2.75, 3.05) is 39.8 Å². The van der Waals surface area contributed by atoms with Crippen LogP contribution in [0.25, 0.3) is 0 Å². The second kappa shape index (κ2) is 7.11. The third-order valence-electron chi connectivity index (χ3n) is 4.97. The molecule has 6 heteroatoms. The third kappa shape index (κ3) is 3.87. The lowest BCUT2D eigenvalue weighted by molar-refractivity contribution is -0.143. The number of hydrogen-bond donors (Lipinski definition) is 1. The highest BCUT2D eigenvalue weighted by Crippen LogP contribution is 2.21. The van der Waals surface area contributed by atoms with Crippen molar-refractivity contribution in [2.24, 2.45) is 5.92 Å². The van der Waals surface area contributed by atoms with Gasteiger partial charge < -0.3 is 19.8 Å². The molecule has 0 unspecified atom stereocenters. The molecular weight excluding hydrogens is 270 g/mol. The summed E-state index contributed by atoms with van der Waals surface area (Å²) in [5.41, 5.74) is 0. The van der Waals surface area contributed by atoms with Crippen LogP contribution in [0.5, 0.6) is 0 Å². The molecule has 2 aliphatic rings. The van der Waals surface area contributed by atoms with Crippen molar-refractivity contribution in [1.82, 2.24) is 14.7 Å². The predicted octanol–water partition coefficient (Wildman–Crippen LogP) is 1.32. The monoisotopic (exact) mass is 297 g/mol. The third-order valence-corrected chi connectivity index (χ3v) is 4.97. The average molecular weight is 297 g/mol. The molecule has 2 rings (SSSR count). The van der Waals surface area contributed by atoms with Crippen LogP contribution >= 0.6 is 0 Å². The zero-order valence-electron chi connectivity index (χ0n) is 13.1. The Morgan fingerprint density at radius 3 is 2.14 bits per heavy atom. The second-order valence-electron chi connectivity index (χ2n) is 6.16. The molecule has 0 bridgehead atoms. The lowest BCUT2D eigenvalue weighted by Gasteiger charge is -2.40. The normalized spacial score (nSPS) is 22.3. The molecule has 2 amide bonds. The Kier molecular flexibility index (Phi) is 5.45. The van der Waals surface area contributed by atoms with Crippen LogP contribution in [0.3, 0.4) is 0 Å². The van der Waals surface area contributed by atoms with Crippen LogP contribution in [-0.2, 0) is 4.79 Å². The number of piperidine rings is 2. The summed E-state index contributed by atoms with van der Waals surface area (Å²) in [4.78, 5) is 29.6. The molecule has 0 atom stereocenters. The van der Waals surface area contributed by atoms with Crippen molar-refractivity contribution in [1.29, 1.82) is 0 Å². The molecule has 0 saturated carbocycles. The summed E-state index contributed by atoms with van der Waals surface area (Å²) in [6, 6.07) is 0.381. The van der Waals surface area contributed by atoms with Crippen molar-refractivity contribution >= 4 is 12.0 Å². The van der Waals surface area contributed by atoms with Crippen LogP contribution in [-0.4, -0.2) is 77.6 Å². The molecule has 2 fully saturated rings. The number of hydrogen-bond acceptors (Lipinski definition) is 3. The minimum Gasteiger partial charge on any atom is -0.481 e. The molecule has 0 aromatic rings. The maximum atomic E-state index is 12.5. The molecule has 0 aromatic carbocycles. The Bertz CT molecular complexity index is 372. The minimum absolute atomic E-state index is 0.0637. The lowest BCUT2D eigenvalue weighted by atomic mass is 9.97. The fourth-order valence-corrected chi connectivity index (χ4v) is 3.32. The van der Waals surface area contributed by atoms with Crippen molar-refractivity contribution in [3.8, 4) is 0 Å². The van der Waals surface area contributed by atoms with Gasteiger partial charge in [-0.2, -0.15) is 0 Å². The van der Waals surface area contributed by atoms with Gasteiger partial charge in [0, 0.05) is 39.3 Å². The Balaban J connectivity index is 1.82. The number of carboxylic acid groups (broad SMARTS) is 1. The maximum absolute atomic E-state index is 12.5. The van der Waals surface area contributed by atoms with E-state index in [2.05, 4.69) is 11.8 Å². The number of carbonyl (C=O) groups excluding carboxylic acids is 1. The Morgan fingerprint density at radius 1 is 1.10 bits per heavy atom. The molecule has 2 heterocycles. The van der Waals surface area contributed by atoms with E-state index in [0.29, 0.717) is 32.0 Å². The van der Waals surface area contributed by atoms with Crippen LogP contribution in [0.1, 0.15) is 32.6 Å². The van der Waals surface area contributed by atoms with Crippen LogP contribution < -0.4 is 0 Å². The van der Waals surface area contributed by atoms with E-state index in [-0.39, 0.29) is 11.9 Å². The SMILES string of the molecule is CCN1CCC(N(C)C(=O)N2CCC(C(=O)O)CC2)CC1. The van der Waals surface area contributed by atoms with Gasteiger partial charge >= 0.3 is 12.0 Å². The van der Waals surface area contributed by atoms with Gasteiger partial charge in [0.2, 0.25) is 0 Å². The highest BCUT2D eigenvalue weighted by Gasteiger charge is 2.31. The number of likely N-dealkylation sites (tertiary alicyclic amines) is 2. The molecule has 21 heavy (non-hydrogen) atoms. The highest BCUT2D eigenvalue weighted by molar-refractivity contribution is 5.75. The molecule has 0 aliphatic carbocycles. The summed E-state index contributed by atoms with van der Waals surface area (Å²) in [6.45, 7) is 6.48. The number of carboxylic acids is 1. The first-order valence-electron chi connectivity index (χ1n) is 7.99. The van der Waals surface area contributed by atoms with Gasteiger partial charge in [0.1, 0.15) is 0 Å². The fraction of sp³-hybridized carbons (Fsp3) is 0.867. The number of carbonyl (C=O) groups is 2. The van der Waals surface area contributed by atoms with E-state index in [1.54, 1.807) is 0 Å². The van der Waals surface area contributed by atoms with Crippen LogP contribution in [0.2, 0.25) is 0 Å². The van der Waals surface area contributed by atoms with E-state index in [1.807, 2.05) is 16.8 Å². The predicted molar refractivity (Wildman–Crippen MR) is 80.2 cm³/mol. The van der Waals surface area contributed by atoms with E-state index >= 15 is 0 Å². The Hall–Kier alpha value is -1.30. The molecule has 0 spiro atoms. The minimum atomic E-state index is -0.734. The average Bonchev–Trinajstić information content (AvgIpc) is 2.53. The van der Waals surface area contributed by atoms with Gasteiger partial charge in [-0.05, 0) is 32.2 Å². The van der Waals surface area contributed by atoms with Crippen molar-refractivity contribution in [3.63, 3.8) is 0 Å². The van der Waals surface area contributed by atoms with Crippen molar-refractivity contribution < 1.29 is 14.7 Å². The van der Waals surface area contributed by atoms with E-state index in [0.717, 1.165) is 32.5 Å². The van der Waals surface area contributed by atoms with Gasteiger partial charge in [0.15, 0.2) is 0 Å². The summed E-state index contributed by atoms with van der Waals surface area (Å²) in [6.07, 6.45) is 3.20. The zero-order valence-corrected chi connectivity index (χ0v) is 13.1. The van der Waals surface area contributed by atoms with Crippen molar-refractivity contribution in [3.05, 3.63) is 0 Å². The number of urea groups is 1. The zero-order chi connectivity index (χ0) is 15.4. The van der Waals surface area contributed by atoms with E-state index in [4.69, 9.17) is 5.11 Å². The first-order chi connectivity index (χ1) is 10.0. The number of nitrogens with zero attached hydrogens (tertiary/aromatic N) is 3. The maximum Gasteiger partial charge on any atom is 0.319 e. The number of aliphatic carboxylic acids is 1. The molecule has 120 valence electrons. The van der Waals surface area contributed by atoms with Gasteiger partial charge in [0.05, 0.1) is 5.92 Å². The quantitative estimate of drug-likeness (QED) is 0.853. The summed E-state index contributed by atoms with van der Waals surface area (Å²) in [5.74, 6) is -1.02. The summed E-state index contributed by atoms with van der Waals surface area (Å²) in [7, 11) is 1.89. The van der Waals surface area contributed by atoms with E-state index in [1.165, 1.54) is 0 Å². The van der Waals surface area contributed by atoms with Gasteiger partial charge in [0.25, 0.3) is 0 Å². The first-order valence-corrected chi connectivity index (χ1v) is 7.99. The van der Waals surface area contributed by atoms with Crippen LogP contribution in [0.4, 0.5) is 4.79 Å². The molecule has 2 saturated heterocycles. The highest BCUT2D eigenvalue weighted by atomic mass is 16.4. The van der Waals surface area contributed by atoms with Gasteiger partial charge in [-0.3, -0.25) is 4.79 Å². The van der Waals surface area contributed by atoms with E-state index in [9.17, 15) is 9.59 Å². The van der Waals surface area contributed by atoms with Crippen molar-refractivity contribution in [2.45, 2.75) is 38.6 Å². The topological polar surface area (TPSA) is 64.1 Å². The fourth-order valence-electron chi connectivity index (χ4n) is 3.32. The smallest absolute Gasteiger partial charge is 0.319 e. The summed E-state index contributed by atoms with van der Waals surface area (Å²) >= 11 is 0.